The second-order valence-electron chi connectivity index (χ2n) is 2.17. The largest absolute Gasteiger partial charge is 0.398 e. The molecule has 4 nitrogen and oxygen atoms in total. The van der Waals surface area contributed by atoms with Gasteiger partial charge in [0.15, 0.2) is 0 Å². The third-order valence-corrected chi connectivity index (χ3v) is 1.59. The maximum absolute atomic E-state index is 10.9. The van der Waals surface area contributed by atoms with E-state index >= 15 is 0 Å². The number of anilines is 1. The number of rotatable bonds is 1. The monoisotopic (exact) mass is 186 g/mol. The number of amides is 1. The molecule has 0 aromatic heterocycles. The minimum Gasteiger partial charge on any atom is -0.398 e. The molecule has 0 aliphatic carbocycles. The van der Waals surface area contributed by atoms with Gasteiger partial charge in [0, 0.05) is 10.7 Å². The molecular formula is C7H7ClN2O2. The SMILES string of the molecule is Nc1cc(Cl)ccc1C(=O)NO. The number of hydrogen-bond acceptors (Lipinski definition) is 3. The van der Waals surface area contributed by atoms with Gasteiger partial charge in [-0.25, -0.2) is 5.48 Å². The predicted molar refractivity (Wildman–Crippen MR) is 45.1 cm³/mol. The van der Waals surface area contributed by atoms with Crippen molar-refractivity contribution in [2.24, 2.45) is 0 Å². The third-order valence-electron chi connectivity index (χ3n) is 1.36. The zero-order valence-corrected chi connectivity index (χ0v) is 6.80. The molecule has 12 heavy (non-hydrogen) atoms. The molecule has 0 heterocycles. The maximum Gasteiger partial charge on any atom is 0.276 e. The zero-order chi connectivity index (χ0) is 9.14. The van der Waals surface area contributed by atoms with Crippen molar-refractivity contribution in [3.8, 4) is 0 Å². The highest BCUT2D eigenvalue weighted by Gasteiger charge is 2.07. The number of nitrogen functional groups attached to an aromatic ring is 1. The summed E-state index contributed by atoms with van der Waals surface area (Å²) in [5, 5.41) is 8.74. The van der Waals surface area contributed by atoms with Gasteiger partial charge in [-0.3, -0.25) is 10.0 Å². The summed E-state index contributed by atoms with van der Waals surface area (Å²) in [5.74, 6) is -0.649. The Hall–Kier alpha value is -1.26. The van der Waals surface area contributed by atoms with Crippen LogP contribution in [-0.4, -0.2) is 11.1 Å². The number of hydrogen-bond donors (Lipinski definition) is 3. The molecule has 0 aliphatic rings. The molecule has 5 heteroatoms. The van der Waals surface area contributed by atoms with E-state index in [9.17, 15) is 4.79 Å². The van der Waals surface area contributed by atoms with Gasteiger partial charge in [0.1, 0.15) is 0 Å². The number of carbonyl (C=O) groups is 1. The topological polar surface area (TPSA) is 75.4 Å². The van der Waals surface area contributed by atoms with Crippen molar-refractivity contribution in [1.29, 1.82) is 0 Å². The van der Waals surface area contributed by atoms with Crippen LogP contribution in [0.2, 0.25) is 5.02 Å². The fourth-order valence-corrected chi connectivity index (χ4v) is 0.981. The molecule has 1 aromatic rings. The second kappa shape index (κ2) is 3.42. The molecule has 64 valence electrons. The van der Waals surface area contributed by atoms with Crippen molar-refractivity contribution in [1.82, 2.24) is 5.48 Å². The summed E-state index contributed by atoms with van der Waals surface area (Å²) in [6, 6.07) is 4.39. The Labute approximate surface area is 73.9 Å². The maximum atomic E-state index is 10.9. The average Bonchev–Trinajstić information content (AvgIpc) is 2.03. The van der Waals surface area contributed by atoms with Crippen LogP contribution in [0.15, 0.2) is 18.2 Å². The molecule has 0 unspecified atom stereocenters. The summed E-state index contributed by atoms with van der Waals surface area (Å²) in [5.41, 5.74) is 7.35. The van der Waals surface area contributed by atoms with Crippen LogP contribution >= 0.6 is 11.6 Å². The van der Waals surface area contributed by atoms with Gasteiger partial charge in [0.25, 0.3) is 5.91 Å². The number of hydroxylamine groups is 1. The van der Waals surface area contributed by atoms with Gasteiger partial charge in [-0.05, 0) is 18.2 Å². The van der Waals surface area contributed by atoms with Crippen LogP contribution < -0.4 is 11.2 Å². The number of benzene rings is 1. The Morgan fingerprint density at radius 3 is 2.75 bits per heavy atom. The lowest BCUT2D eigenvalue weighted by Crippen LogP contribution is -2.19. The first-order chi connectivity index (χ1) is 5.65. The van der Waals surface area contributed by atoms with E-state index in [1.165, 1.54) is 23.7 Å². The molecule has 0 saturated heterocycles. The van der Waals surface area contributed by atoms with Crippen molar-refractivity contribution < 1.29 is 10.0 Å². The average molecular weight is 187 g/mol. The summed E-state index contributed by atoms with van der Waals surface area (Å²) in [4.78, 5) is 10.9. The van der Waals surface area contributed by atoms with Crippen molar-refractivity contribution in [3.63, 3.8) is 0 Å². The van der Waals surface area contributed by atoms with E-state index in [1.54, 1.807) is 0 Å². The van der Waals surface area contributed by atoms with E-state index in [2.05, 4.69) is 0 Å². The Morgan fingerprint density at radius 2 is 2.25 bits per heavy atom. The van der Waals surface area contributed by atoms with Crippen LogP contribution in [-0.2, 0) is 0 Å². The fraction of sp³-hybridized carbons (Fsp3) is 0. The highest BCUT2D eigenvalue weighted by molar-refractivity contribution is 6.31. The van der Waals surface area contributed by atoms with Crippen LogP contribution in [0.5, 0.6) is 0 Å². The minimum atomic E-state index is -0.649. The second-order valence-corrected chi connectivity index (χ2v) is 2.61. The van der Waals surface area contributed by atoms with E-state index in [4.69, 9.17) is 22.5 Å². The number of nitrogens with two attached hydrogens (primary N) is 1. The first kappa shape index (κ1) is 8.83. The summed E-state index contributed by atoms with van der Waals surface area (Å²) in [6.45, 7) is 0. The van der Waals surface area contributed by atoms with E-state index in [1.807, 2.05) is 0 Å². The predicted octanol–water partition coefficient (Wildman–Crippen LogP) is 1.04. The quantitative estimate of drug-likeness (QED) is 0.349. The van der Waals surface area contributed by atoms with E-state index in [0.717, 1.165) is 0 Å². The Kier molecular flexibility index (Phi) is 2.52. The van der Waals surface area contributed by atoms with E-state index < -0.39 is 5.91 Å². The normalized spacial score (nSPS) is 9.50. The lowest BCUT2D eigenvalue weighted by Gasteiger charge is -2.02. The Morgan fingerprint density at radius 1 is 1.58 bits per heavy atom. The molecule has 1 rings (SSSR count). The summed E-state index contributed by atoms with van der Waals surface area (Å²) < 4.78 is 0. The van der Waals surface area contributed by atoms with Gasteiger partial charge in [-0.15, -0.1) is 0 Å². The first-order valence-electron chi connectivity index (χ1n) is 3.14. The highest BCUT2D eigenvalue weighted by atomic mass is 35.5. The lowest BCUT2D eigenvalue weighted by atomic mass is 10.2. The number of nitrogens with one attached hydrogen (secondary N) is 1. The van der Waals surface area contributed by atoms with Crippen LogP contribution in [0, 0.1) is 0 Å². The molecule has 0 spiro atoms. The molecule has 1 aromatic carbocycles. The van der Waals surface area contributed by atoms with Gasteiger partial charge >= 0.3 is 0 Å². The molecule has 0 aliphatic heterocycles. The third kappa shape index (κ3) is 1.66. The smallest absolute Gasteiger partial charge is 0.276 e. The van der Waals surface area contributed by atoms with Crippen LogP contribution in [0.25, 0.3) is 0 Å². The Balaban J connectivity index is 3.09. The summed E-state index contributed by atoms with van der Waals surface area (Å²) in [7, 11) is 0. The molecule has 0 saturated carbocycles. The van der Waals surface area contributed by atoms with Crippen molar-refractivity contribution in [2.45, 2.75) is 0 Å². The van der Waals surface area contributed by atoms with Crippen molar-refractivity contribution in [3.05, 3.63) is 28.8 Å². The minimum absolute atomic E-state index is 0.196. The van der Waals surface area contributed by atoms with Crippen LogP contribution in [0.4, 0.5) is 5.69 Å². The van der Waals surface area contributed by atoms with Crippen LogP contribution in [0.3, 0.4) is 0 Å². The number of halogens is 1. The zero-order valence-electron chi connectivity index (χ0n) is 6.04. The first-order valence-corrected chi connectivity index (χ1v) is 3.52. The molecule has 0 fully saturated rings. The van der Waals surface area contributed by atoms with E-state index in [-0.39, 0.29) is 11.3 Å². The lowest BCUT2D eigenvalue weighted by molar-refractivity contribution is 0.0707. The molecular weight excluding hydrogens is 180 g/mol. The standard InChI is InChI=1S/C7H7ClN2O2/c8-4-1-2-5(6(9)3-4)7(11)10-12/h1-3,12H,9H2,(H,10,11). The Bertz CT molecular complexity index is 314. The summed E-state index contributed by atoms with van der Waals surface area (Å²) >= 11 is 5.59. The van der Waals surface area contributed by atoms with Gasteiger partial charge in [0.05, 0.1) is 5.56 Å². The summed E-state index contributed by atoms with van der Waals surface area (Å²) in [6.07, 6.45) is 0. The van der Waals surface area contributed by atoms with E-state index in [0.29, 0.717) is 5.02 Å². The molecule has 0 radical (unpaired) electrons. The molecule has 4 N–H and O–H groups in total. The molecule has 1 amide bonds. The van der Waals surface area contributed by atoms with Crippen molar-refractivity contribution >= 4 is 23.2 Å². The van der Waals surface area contributed by atoms with Crippen molar-refractivity contribution in [2.75, 3.05) is 5.73 Å². The highest BCUT2D eigenvalue weighted by Crippen LogP contribution is 2.17. The van der Waals surface area contributed by atoms with Gasteiger partial charge in [-0.2, -0.15) is 0 Å². The van der Waals surface area contributed by atoms with Gasteiger partial charge < -0.3 is 5.73 Å². The number of carbonyl (C=O) groups excluding carboxylic acids is 1. The van der Waals surface area contributed by atoms with Crippen LogP contribution in [0.1, 0.15) is 10.4 Å². The van der Waals surface area contributed by atoms with Gasteiger partial charge in [0.2, 0.25) is 0 Å². The van der Waals surface area contributed by atoms with Gasteiger partial charge in [-0.1, -0.05) is 11.6 Å². The molecule has 0 bridgehead atoms. The molecule has 0 atom stereocenters. The fourth-order valence-electron chi connectivity index (χ4n) is 0.801.